The molecule has 0 saturated carbocycles. The second kappa shape index (κ2) is 10.0. The van der Waals surface area contributed by atoms with E-state index in [4.69, 9.17) is 9.47 Å². The first-order chi connectivity index (χ1) is 14.9. The van der Waals surface area contributed by atoms with Gasteiger partial charge in [0.05, 0.1) is 6.20 Å². The van der Waals surface area contributed by atoms with E-state index in [1.54, 1.807) is 48.7 Å². The molecule has 2 N–H and O–H groups in total. The molecule has 1 aromatic heterocycles. The van der Waals surface area contributed by atoms with Gasteiger partial charge in [0.2, 0.25) is 0 Å². The lowest BCUT2D eigenvalue weighted by Crippen LogP contribution is -2.37. The molecule has 158 valence electrons. The molecular formula is C23H21N3O5. The van der Waals surface area contributed by atoms with Crippen molar-refractivity contribution < 1.29 is 23.9 Å². The lowest BCUT2D eigenvalue weighted by atomic mass is 10.1. The highest BCUT2D eigenvalue weighted by Crippen LogP contribution is 2.25. The summed E-state index contributed by atoms with van der Waals surface area (Å²) in [7, 11) is 0. The van der Waals surface area contributed by atoms with Gasteiger partial charge in [0, 0.05) is 11.9 Å². The van der Waals surface area contributed by atoms with Crippen LogP contribution in [0.5, 0.6) is 11.5 Å². The number of esters is 1. The molecule has 8 nitrogen and oxygen atoms in total. The number of aryl methyl sites for hydroxylation is 2. The monoisotopic (exact) mass is 419 g/mol. The number of carbonyl (C=O) groups excluding carboxylic acids is 3. The molecule has 3 rings (SSSR count). The van der Waals surface area contributed by atoms with E-state index in [1.807, 2.05) is 19.9 Å². The normalized spacial score (nSPS) is 10.1. The number of hydrogen-bond donors (Lipinski definition) is 2. The Hall–Kier alpha value is -4.20. The van der Waals surface area contributed by atoms with E-state index in [0.29, 0.717) is 11.4 Å². The van der Waals surface area contributed by atoms with Crippen molar-refractivity contribution in [1.82, 2.24) is 10.3 Å². The van der Waals surface area contributed by atoms with Gasteiger partial charge in [-0.25, -0.2) is 9.59 Å². The highest BCUT2D eigenvalue weighted by atomic mass is 16.5. The van der Waals surface area contributed by atoms with Crippen LogP contribution in [0, 0.1) is 13.8 Å². The van der Waals surface area contributed by atoms with E-state index in [2.05, 4.69) is 15.6 Å². The third kappa shape index (κ3) is 6.14. The third-order valence-electron chi connectivity index (χ3n) is 4.32. The predicted octanol–water partition coefficient (Wildman–Crippen LogP) is 4.00. The number of ether oxygens (including phenoxy) is 2. The van der Waals surface area contributed by atoms with Crippen molar-refractivity contribution in [3.05, 3.63) is 83.7 Å². The van der Waals surface area contributed by atoms with E-state index in [0.717, 1.165) is 11.1 Å². The molecule has 0 bridgehead atoms. The van der Waals surface area contributed by atoms with Gasteiger partial charge in [-0.3, -0.25) is 15.1 Å². The summed E-state index contributed by atoms with van der Waals surface area (Å²) in [5.74, 6) is -0.818. The van der Waals surface area contributed by atoms with E-state index in [-0.39, 0.29) is 11.3 Å². The van der Waals surface area contributed by atoms with Crippen LogP contribution in [0.1, 0.15) is 21.5 Å². The molecule has 31 heavy (non-hydrogen) atoms. The molecule has 0 radical (unpaired) electrons. The fraction of sp³-hybridized carbons (Fsp3) is 0.130. The smallest absolute Gasteiger partial charge is 0.342 e. The summed E-state index contributed by atoms with van der Waals surface area (Å²) in [6.45, 7) is 3.25. The Morgan fingerprint density at radius 2 is 1.77 bits per heavy atom. The van der Waals surface area contributed by atoms with Crippen LogP contribution >= 0.6 is 0 Å². The first kappa shape index (κ1) is 21.5. The van der Waals surface area contributed by atoms with Crippen LogP contribution < -0.4 is 15.4 Å². The number of hydrogen-bond acceptors (Lipinski definition) is 6. The number of anilines is 1. The zero-order valence-electron chi connectivity index (χ0n) is 17.0. The predicted molar refractivity (Wildman–Crippen MR) is 114 cm³/mol. The molecular weight excluding hydrogens is 398 g/mol. The summed E-state index contributed by atoms with van der Waals surface area (Å²) in [5, 5.41) is 4.68. The fourth-order valence-corrected chi connectivity index (χ4v) is 2.61. The van der Waals surface area contributed by atoms with E-state index < -0.39 is 24.5 Å². The van der Waals surface area contributed by atoms with Crippen LogP contribution in [0.25, 0.3) is 0 Å². The first-order valence-corrected chi connectivity index (χ1v) is 9.44. The standard InChI is InChI=1S/C23H21N3O5/c1-15-9-10-17(12-16(15)2)25-23(29)26-21(27)14-30-22(28)19-7-3-4-8-20(19)31-18-6-5-11-24-13-18/h3-13H,14H2,1-2H3,(H2,25,26,27,29). The molecule has 1 heterocycles. The molecule has 0 unspecified atom stereocenters. The molecule has 0 saturated heterocycles. The first-order valence-electron chi connectivity index (χ1n) is 9.44. The van der Waals surface area contributed by atoms with Gasteiger partial charge in [-0.05, 0) is 61.4 Å². The number of imide groups is 1. The molecule has 3 aromatic rings. The Morgan fingerprint density at radius 3 is 2.52 bits per heavy atom. The molecule has 2 aromatic carbocycles. The minimum absolute atomic E-state index is 0.138. The molecule has 0 aliphatic carbocycles. The van der Waals surface area contributed by atoms with Crippen LogP contribution in [0.15, 0.2) is 67.0 Å². The molecule has 0 aliphatic rings. The molecule has 8 heteroatoms. The number of nitrogens with one attached hydrogen (secondary N) is 2. The van der Waals surface area contributed by atoms with Crippen LogP contribution in [0.4, 0.5) is 10.5 Å². The molecule has 0 atom stereocenters. The minimum Gasteiger partial charge on any atom is -0.455 e. The van der Waals surface area contributed by atoms with Crippen LogP contribution in [-0.4, -0.2) is 29.5 Å². The van der Waals surface area contributed by atoms with Gasteiger partial charge >= 0.3 is 12.0 Å². The van der Waals surface area contributed by atoms with Crippen LogP contribution in [0.3, 0.4) is 0 Å². The zero-order valence-corrected chi connectivity index (χ0v) is 17.0. The Kier molecular flexibility index (Phi) is 6.95. The van der Waals surface area contributed by atoms with Gasteiger partial charge in [-0.1, -0.05) is 18.2 Å². The van der Waals surface area contributed by atoms with Crippen LogP contribution in [-0.2, 0) is 9.53 Å². The molecule has 3 amide bonds. The van der Waals surface area contributed by atoms with Gasteiger partial charge in [-0.15, -0.1) is 0 Å². The molecule has 0 fully saturated rings. The summed E-state index contributed by atoms with van der Waals surface area (Å²) >= 11 is 0. The van der Waals surface area contributed by atoms with Crippen molar-refractivity contribution in [3.8, 4) is 11.5 Å². The largest absolute Gasteiger partial charge is 0.455 e. The summed E-state index contributed by atoms with van der Waals surface area (Å²) in [5.41, 5.74) is 2.78. The second-order valence-corrected chi connectivity index (χ2v) is 6.66. The quantitative estimate of drug-likeness (QED) is 0.585. The zero-order chi connectivity index (χ0) is 22.2. The SMILES string of the molecule is Cc1ccc(NC(=O)NC(=O)COC(=O)c2ccccc2Oc2cccnc2)cc1C. The van der Waals surface area contributed by atoms with Gasteiger partial charge in [0.1, 0.15) is 17.1 Å². The topological polar surface area (TPSA) is 107 Å². The van der Waals surface area contributed by atoms with Crippen molar-refractivity contribution in [2.24, 2.45) is 0 Å². The number of benzene rings is 2. The average Bonchev–Trinajstić information content (AvgIpc) is 2.76. The average molecular weight is 419 g/mol. The number of pyridine rings is 1. The van der Waals surface area contributed by atoms with Gasteiger partial charge in [-0.2, -0.15) is 0 Å². The van der Waals surface area contributed by atoms with E-state index in [1.165, 1.54) is 12.3 Å². The second-order valence-electron chi connectivity index (χ2n) is 6.66. The number of nitrogens with zero attached hydrogens (tertiary/aromatic N) is 1. The maximum Gasteiger partial charge on any atom is 0.342 e. The number of rotatable bonds is 6. The molecule has 0 aliphatic heterocycles. The fourth-order valence-electron chi connectivity index (χ4n) is 2.61. The third-order valence-corrected chi connectivity index (χ3v) is 4.32. The number of para-hydroxylation sites is 1. The summed E-state index contributed by atoms with van der Waals surface area (Å²) in [6, 6.07) is 14.5. The van der Waals surface area contributed by atoms with Gasteiger partial charge in [0.25, 0.3) is 5.91 Å². The van der Waals surface area contributed by atoms with E-state index in [9.17, 15) is 14.4 Å². The van der Waals surface area contributed by atoms with Crippen molar-refractivity contribution in [3.63, 3.8) is 0 Å². The minimum atomic E-state index is -0.764. The highest BCUT2D eigenvalue weighted by Gasteiger charge is 2.17. The Labute approximate surface area is 179 Å². The van der Waals surface area contributed by atoms with Crippen molar-refractivity contribution >= 4 is 23.6 Å². The maximum absolute atomic E-state index is 12.4. The maximum atomic E-state index is 12.4. The van der Waals surface area contributed by atoms with Gasteiger partial charge in [0.15, 0.2) is 6.61 Å². The number of aromatic nitrogens is 1. The number of urea groups is 1. The Balaban J connectivity index is 1.54. The van der Waals surface area contributed by atoms with Crippen LogP contribution in [0.2, 0.25) is 0 Å². The Morgan fingerprint density at radius 1 is 0.968 bits per heavy atom. The number of carbonyl (C=O) groups is 3. The lowest BCUT2D eigenvalue weighted by Gasteiger charge is -2.11. The number of amides is 3. The summed E-state index contributed by atoms with van der Waals surface area (Å²) < 4.78 is 10.7. The van der Waals surface area contributed by atoms with Crippen molar-refractivity contribution in [2.75, 3.05) is 11.9 Å². The lowest BCUT2D eigenvalue weighted by molar-refractivity contribution is -0.123. The van der Waals surface area contributed by atoms with Gasteiger partial charge < -0.3 is 14.8 Å². The summed E-state index contributed by atoms with van der Waals surface area (Å²) in [6.07, 6.45) is 3.10. The highest BCUT2D eigenvalue weighted by molar-refractivity contribution is 6.02. The molecule has 0 spiro atoms. The summed E-state index contributed by atoms with van der Waals surface area (Å²) in [4.78, 5) is 40.3. The van der Waals surface area contributed by atoms with E-state index >= 15 is 0 Å². The van der Waals surface area contributed by atoms with Crippen molar-refractivity contribution in [2.45, 2.75) is 13.8 Å². The van der Waals surface area contributed by atoms with Crippen molar-refractivity contribution in [1.29, 1.82) is 0 Å². The Bertz CT molecular complexity index is 1100.